The number of allylic oxidation sites excluding steroid dienone is 6. The van der Waals surface area contributed by atoms with Crippen LogP contribution in [-0.4, -0.2) is 0 Å². The molecule has 0 aromatic heterocycles. The first-order valence-corrected chi connectivity index (χ1v) is 20.4. The van der Waals surface area contributed by atoms with E-state index in [0.717, 1.165) is 0 Å². The topological polar surface area (TPSA) is 0 Å². The van der Waals surface area contributed by atoms with Crippen molar-refractivity contribution in [3.63, 3.8) is 0 Å². The van der Waals surface area contributed by atoms with Gasteiger partial charge in [-0.05, 0) is 183 Å². The molecule has 8 aromatic carbocycles. The lowest BCUT2D eigenvalue weighted by Gasteiger charge is -2.30. The van der Waals surface area contributed by atoms with E-state index in [1.165, 1.54) is 147 Å². The van der Waals surface area contributed by atoms with E-state index in [9.17, 15) is 0 Å². The lowest BCUT2D eigenvalue weighted by atomic mass is 9.70. The molecule has 1 unspecified atom stereocenters. The fourth-order valence-corrected chi connectivity index (χ4v) is 12.5. The minimum absolute atomic E-state index is 0.384. The summed E-state index contributed by atoms with van der Waals surface area (Å²) in [5.74, 6) is 0.647. The Morgan fingerprint density at radius 2 is 1.20 bits per heavy atom. The molecule has 1 spiro atoms. The first-order valence-electron chi connectivity index (χ1n) is 20.4. The third-order valence-corrected chi connectivity index (χ3v) is 14.5. The SMILES string of the molecule is Cc1cc2c(cc1-c1c3c(cc4ccccc14)-c1cc4c(c5cccc-3c15)-c1ccccc1C41c3ccccc3-c3ccccc31)C1=C3C2=CCCC3CC=C1. The number of benzene rings is 8. The summed E-state index contributed by atoms with van der Waals surface area (Å²) in [6, 6.07) is 54.1. The van der Waals surface area contributed by atoms with Crippen molar-refractivity contribution in [1.82, 2.24) is 0 Å². The smallest absolute Gasteiger partial charge is 0.0725 e. The van der Waals surface area contributed by atoms with Crippen LogP contribution in [0.15, 0.2) is 163 Å². The second-order valence-electron chi connectivity index (χ2n) is 16.9. The summed E-state index contributed by atoms with van der Waals surface area (Å²) in [7, 11) is 0. The van der Waals surface area contributed by atoms with Gasteiger partial charge in [0, 0.05) is 0 Å². The molecular weight excluding hydrogens is 673 g/mol. The molecule has 6 aliphatic rings. The Hall–Kier alpha value is -6.50. The normalized spacial score (nSPS) is 17.8. The molecule has 0 N–H and O–H groups in total. The van der Waals surface area contributed by atoms with Crippen molar-refractivity contribution in [3.05, 3.63) is 202 Å². The van der Waals surface area contributed by atoms with Crippen LogP contribution in [0, 0.1) is 12.8 Å². The van der Waals surface area contributed by atoms with E-state index in [4.69, 9.17) is 0 Å². The van der Waals surface area contributed by atoms with Crippen LogP contribution < -0.4 is 0 Å². The molecule has 0 heteroatoms. The Morgan fingerprint density at radius 3 is 2.02 bits per heavy atom. The van der Waals surface area contributed by atoms with Crippen LogP contribution in [0.2, 0.25) is 0 Å². The quantitative estimate of drug-likeness (QED) is 0.159. The number of aryl methyl sites for hydroxylation is 1. The van der Waals surface area contributed by atoms with Gasteiger partial charge < -0.3 is 0 Å². The first kappa shape index (κ1) is 29.8. The van der Waals surface area contributed by atoms with Crippen molar-refractivity contribution >= 4 is 32.7 Å². The number of rotatable bonds is 1. The molecule has 1 atom stereocenters. The van der Waals surface area contributed by atoms with Crippen molar-refractivity contribution in [2.24, 2.45) is 5.92 Å². The van der Waals surface area contributed by atoms with Crippen LogP contribution in [0.1, 0.15) is 58.2 Å². The van der Waals surface area contributed by atoms with Crippen LogP contribution in [0.5, 0.6) is 0 Å². The van der Waals surface area contributed by atoms with Gasteiger partial charge in [-0.15, -0.1) is 0 Å². The fraction of sp³-hybridized carbons (Fsp3) is 0.107. The van der Waals surface area contributed by atoms with Gasteiger partial charge in [-0.3, -0.25) is 0 Å². The predicted molar refractivity (Wildman–Crippen MR) is 234 cm³/mol. The van der Waals surface area contributed by atoms with Crippen LogP contribution >= 0.6 is 0 Å². The third kappa shape index (κ3) is 3.33. The molecule has 0 saturated carbocycles. The van der Waals surface area contributed by atoms with E-state index in [-0.39, 0.29) is 5.41 Å². The van der Waals surface area contributed by atoms with Crippen LogP contribution in [0.3, 0.4) is 0 Å². The van der Waals surface area contributed by atoms with Gasteiger partial charge in [0.25, 0.3) is 0 Å². The largest absolute Gasteiger partial charge is 0.0833 e. The summed E-state index contributed by atoms with van der Waals surface area (Å²) in [4.78, 5) is 0. The zero-order chi connectivity index (χ0) is 36.4. The molecule has 6 aliphatic carbocycles. The summed E-state index contributed by atoms with van der Waals surface area (Å²) >= 11 is 0. The lowest BCUT2D eigenvalue weighted by Crippen LogP contribution is -2.25. The van der Waals surface area contributed by atoms with Crippen molar-refractivity contribution in [2.75, 3.05) is 0 Å². The number of fused-ring (bicyclic) bond motifs is 18. The predicted octanol–water partition coefficient (Wildman–Crippen LogP) is 14.5. The molecular formula is C56H36. The van der Waals surface area contributed by atoms with Gasteiger partial charge in [-0.2, -0.15) is 0 Å². The van der Waals surface area contributed by atoms with Crippen LogP contribution in [-0.2, 0) is 5.41 Å². The van der Waals surface area contributed by atoms with Gasteiger partial charge in [0.1, 0.15) is 0 Å². The molecule has 56 heavy (non-hydrogen) atoms. The average molecular weight is 709 g/mol. The molecule has 0 radical (unpaired) electrons. The summed E-state index contributed by atoms with van der Waals surface area (Å²) in [5, 5.41) is 5.38. The standard InChI is InChI=1S/C56H36/c1-31-27-43-37-20-10-14-32-15-11-21-38(51(32)37)44(43)29-42(31)54-34-16-3-2-13-33(34)28-45-46-30-50-53(40-22-12-23-41(52(40)46)55(45)54)39-19-6-9-26-49(39)56(50)47-24-7-4-17-35(47)36-18-5-8-25-48(36)56/h2-9,11-13,16-30,32H,10,14-15H2,1H3. The van der Waals surface area contributed by atoms with Gasteiger partial charge in [0.2, 0.25) is 0 Å². The average Bonchev–Trinajstić information content (AvgIpc) is 3.94. The Kier molecular flexibility index (Phi) is 5.44. The molecule has 0 amide bonds. The molecule has 0 fully saturated rings. The van der Waals surface area contributed by atoms with E-state index in [0.29, 0.717) is 5.92 Å². The molecule has 0 nitrogen and oxygen atoms in total. The van der Waals surface area contributed by atoms with E-state index in [1.807, 2.05) is 0 Å². The van der Waals surface area contributed by atoms with E-state index in [2.05, 4.69) is 165 Å². The van der Waals surface area contributed by atoms with Crippen LogP contribution in [0.25, 0.3) is 88.3 Å². The Morgan fingerprint density at radius 1 is 0.500 bits per heavy atom. The second kappa shape index (κ2) is 10.2. The highest BCUT2D eigenvalue weighted by Gasteiger charge is 2.52. The summed E-state index contributed by atoms with van der Waals surface area (Å²) in [6.07, 6.45) is 11.0. The highest BCUT2D eigenvalue weighted by Crippen LogP contribution is 2.66. The van der Waals surface area contributed by atoms with Crippen molar-refractivity contribution in [1.29, 1.82) is 0 Å². The summed E-state index contributed by atoms with van der Waals surface area (Å²) in [5.41, 5.74) is 27.6. The van der Waals surface area contributed by atoms with Gasteiger partial charge in [0.05, 0.1) is 5.41 Å². The van der Waals surface area contributed by atoms with Gasteiger partial charge >= 0.3 is 0 Å². The lowest BCUT2D eigenvalue weighted by molar-refractivity contribution is 0.575. The number of hydrogen-bond donors (Lipinski definition) is 0. The van der Waals surface area contributed by atoms with E-state index in [1.54, 1.807) is 5.57 Å². The molecule has 0 bridgehead atoms. The highest BCUT2D eigenvalue weighted by atomic mass is 14.5. The monoisotopic (exact) mass is 708 g/mol. The van der Waals surface area contributed by atoms with Gasteiger partial charge in [-0.1, -0.05) is 140 Å². The molecule has 0 aliphatic heterocycles. The van der Waals surface area contributed by atoms with Crippen LogP contribution in [0.4, 0.5) is 0 Å². The maximum absolute atomic E-state index is 2.62. The first-order chi connectivity index (χ1) is 27.7. The fourth-order valence-electron chi connectivity index (χ4n) is 12.5. The van der Waals surface area contributed by atoms with Gasteiger partial charge in [-0.25, -0.2) is 0 Å². The maximum Gasteiger partial charge on any atom is 0.0725 e. The molecule has 8 aromatic rings. The third-order valence-electron chi connectivity index (χ3n) is 14.5. The van der Waals surface area contributed by atoms with Crippen molar-refractivity contribution < 1.29 is 0 Å². The minimum Gasteiger partial charge on any atom is -0.0833 e. The zero-order valence-electron chi connectivity index (χ0n) is 31.2. The minimum atomic E-state index is -0.384. The number of hydrogen-bond acceptors (Lipinski definition) is 0. The van der Waals surface area contributed by atoms with Crippen molar-refractivity contribution in [3.8, 4) is 55.6 Å². The second-order valence-corrected chi connectivity index (χ2v) is 16.9. The molecule has 260 valence electrons. The van der Waals surface area contributed by atoms with Gasteiger partial charge in [0.15, 0.2) is 0 Å². The Labute approximate surface area is 326 Å². The Bertz CT molecular complexity index is 3240. The summed E-state index contributed by atoms with van der Waals surface area (Å²) in [6.45, 7) is 2.35. The zero-order valence-corrected chi connectivity index (χ0v) is 31.2. The molecule has 0 saturated heterocycles. The van der Waals surface area contributed by atoms with Crippen molar-refractivity contribution in [2.45, 2.75) is 31.6 Å². The highest BCUT2D eigenvalue weighted by molar-refractivity contribution is 6.26. The molecule has 0 heterocycles. The molecule has 14 rings (SSSR count). The van der Waals surface area contributed by atoms with E-state index < -0.39 is 0 Å². The van der Waals surface area contributed by atoms with E-state index >= 15 is 0 Å². The Balaban J connectivity index is 1.10. The maximum atomic E-state index is 2.62. The summed E-state index contributed by atoms with van der Waals surface area (Å²) < 4.78 is 0.